The van der Waals surface area contributed by atoms with Crippen molar-refractivity contribution in [3.63, 3.8) is 0 Å². The van der Waals surface area contributed by atoms with Crippen LogP contribution in [0.15, 0.2) is 18.2 Å². The number of carbonyl (C=O) groups excluding carboxylic acids is 3. The van der Waals surface area contributed by atoms with Crippen LogP contribution in [0.2, 0.25) is 0 Å². The van der Waals surface area contributed by atoms with Crippen molar-refractivity contribution in [2.24, 2.45) is 5.92 Å². The van der Waals surface area contributed by atoms with E-state index in [9.17, 15) is 14.4 Å². The number of esters is 2. The van der Waals surface area contributed by atoms with Gasteiger partial charge in [-0.1, -0.05) is 0 Å². The third kappa shape index (κ3) is 5.82. The molecule has 0 heterocycles. The highest BCUT2D eigenvalue weighted by Gasteiger charge is 2.20. The van der Waals surface area contributed by atoms with Crippen LogP contribution in [0.5, 0.6) is 0 Å². The first kappa shape index (κ1) is 19.9. The molecule has 1 fully saturated rings. The van der Waals surface area contributed by atoms with Crippen molar-refractivity contribution in [2.75, 3.05) is 32.6 Å². The topological polar surface area (TPSA) is 93.7 Å². The molecule has 0 atom stereocenters. The number of hydrogen-bond acceptors (Lipinski definition) is 6. The average Bonchev–Trinajstić information content (AvgIpc) is 3.37. The van der Waals surface area contributed by atoms with Crippen molar-refractivity contribution in [3.8, 4) is 0 Å². The molecule has 0 saturated heterocycles. The predicted octanol–water partition coefficient (Wildman–Crippen LogP) is 1.62. The van der Waals surface area contributed by atoms with Gasteiger partial charge in [0, 0.05) is 5.69 Å². The van der Waals surface area contributed by atoms with Gasteiger partial charge in [0.2, 0.25) is 5.91 Å². The maximum absolute atomic E-state index is 11.9. The van der Waals surface area contributed by atoms with E-state index in [1.807, 2.05) is 0 Å². The number of anilines is 1. The highest BCUT2D eigenvalue weighted by molar-refractivity contribution is 5.99. The van der Waals surface area contributed by atoms with Gasteiger partial charge in [0.05, 0.1) is 31.9 Å². The molecule has 1 amide bonds. The highest BCUT2D eigenvalue weighted by atomic mass is 35.5. The average molecular weight is 357 g/mol. The monoisotopic (exact) mass is 356 g/mol. The molecule has 2 N–H and O–H groups in total. The number of ether oxygens (including phenoxy) is 2. The number of nitrogens with one attached hydrogen (secondary N) is 2. The second-order valence-electron chi connectivity index (χ2n) is 5.40. The maximum atomic E-state index is 11.9. The van der Waals surface area contributed by atoms with Gasteiger partial charge in [-0.25, -0.2) is 9.59 Å². The summed E-state index contributed by atoms with van der Waals surface area (Å²) < 4.78 is 9.29. The van der Waals surface area contributed by atoms with Gasteiger partial charge in [0.15, 0.2) is 0 Å². The van der Waals surface area contributed by atoms with Crippen molar-refractivity contribution < 1.29 is 23.9 Å². The smallest absolute Gasteiger partial charge is 0.337 e. The van der Waals surface area contributed by atoms with Crippen LogP contribution in [0.3, 0.4) is 0 Å². The first-order valence-corrected chi connectivity index (χ1v) is 7.35. The summed E-state index contributed by atoms with van der Waals surface area (Å²) in [6, 6.07) is 4.27. The molecule has 24 heavy (non-hydrogen) atoms. The molecule has 7 nitrogen and oxygen atoms in total. The summed E-state index contributed by atoms with van der Waals surface area (Å²) >= 11 is 0. The lowest BCUT2D eigenvalue weighted by atomic mass is 10.1. The molecule has 1 aliphatic carbocycles. The maximum Gasteiger partial charge on any atom is 0.337 e. The number of benzene rings is 1. The van der Waals surface area contributed by atoms with E-state index in [2.05, 4.69) is 20.1 Å². The van der Waals surface area contributed by atoms with Gasteiger partial charge in [-0.3, -0.25) is 4.79 Å². The number of hydrogen-bond donors (Lipinski definition) is 2. The summed E-state index contributed by atoms with van der Waals surface area (Å²) in [5.41, 5.74) is 0.666. The van der Waals surface area contributed by atoms with Gasteiger partial charge in [-0.2, -0.15) is 0 Å². The Bertz CT molecular complexity index is 582. The minimum Gasteiger partial charge on any atom is -0.465 e. The van der Waals surface area contributed by atoms with E-state index < -0.39 is 11.9 Å². The van der Waals surface area contributed by atoms with Crippen molar-refractivity contribution in [2.45, 2.75) is 12.8 Å². The molecule has 0 unspecified atom stereocenters. The lowest BCUT2D eigenvalue weighted by Crippen LogP contribution is -2.29. The zero-order valence-corrected chi connectivity index (χ0v) is 14.4. The molecule has 0 aromatic heterocycles. The molecular formula is C16H21ClN2O5. The Morgan fingerprint density at radius 2 is 1.58 bits per heavy atom. The van der Waals surface area contributed by atoms with Gasteiger partial charge in [-0.15, -0.1) is 12.4 Å². The number of carbonyl (C=O) groups is 3. The summed E-state index contributed by atoms with van der Waals surface area (Å²) in [5.74, 6) is -0.768. The third-order valence-electron chi connectivity index (χ3n) is 3.47. The molecule has 1 aliphatic rings. The largest absolute Gasteiger partial charge is 0.465 e. The van der Waals surface area contributed by atoms with E-state index in [0.717, 1.165) is 6.54 Å². The number of rotatable bonds is 7. The fraction of sp³-hybridized carbons (Fsp3) is 0.438. The van der Waals surface area contributed by atoms with Crippen LogP contribution >= 0.6 is 12.4 Å². The zero-order chi connectivity index (χ0) is 16.8. The Morgan fingerprint density at radius 1 is 1.04 bits per heavy atom. The van der Waals surface area contributed by atoms with Crippen molar-refractivity contribution in [3.05, 3.63) is 29.3 Å². The normalized spacial score (nSPS) is 12.8. The molecule has 0 bridgehead atoms. The van der Waals surface area contributed by atoms with E-state index in [4.69, 9.17) is 0 Å². The summed E-state index contributed by atoms with van der Waals surface area (Å²) in [5, 5.41) is 5.73. The Labute approximate surface area is 146 Å². The zero-order valence-electron chi connectivity index (χ0n) is 13.6. The van der Waals surface area contributed by atoms with E-state index >= 15 is 0 Å². The SMILES string of the molecule is COC(=O)c1cc(NC(=O)CNCC2CC2)cc(C(=O)OC)c1.Cl. The Balaban J connectivity index is 0.00000288. The van der Waals surface area contributed by atoms with Crippen LogP contribution in [0, 0.1) is 5.92 Å². The van der Waals surface area contributed by atoms with Gasteiger partial charge in [0.1, 0.15) is 0 Å². The van der Waals surface area contributed by atoms with E-state index in [-0.39, 0.29) is 36.0 Å². The molecule has 1 aromatic carbocycles. The highest BCUT2D eigenvalue weighted by Crippen LogP contribution is 2.27. The van der Waals surface area contributed by atoms with Crippen LogP contribution < -0.4 is 10.6 Å². The molecule has 0 spiro atoms. The number of methoxy groups -OCH3 is 2. The second kappa shape index (κ2) is 9.24. The van der Waals surface area contributed by atoms with Gasteiger partial charge < -0.3 is 20.1 Å². The van der Waals surface area contributed by atoms with Crippen LogP contribution in [0.4, 0.5) is 5.69 Å². The van der Waals surface area contributed by atoms with Crippen LogP contribution in [-0.2, 0) is 14.3 Å². The molecular weight excluding hydrogens is 336 g/mol. The van der Waals surface area contributed by atoms with Crippen molar-refractivity contribution >= 4 is 35.9 Å². The fourth-order valence-electron chi connectivity index (χ4n) is 2.09. The first-order chi connectivity index (χ1) is 11.0. The lowest BCUT2D eigenvalue weighted by molar-refractivity contribution is -0.115. The van der Waals surface area contributed by atoms with Gasteiger partial charge >= 0.3 is 11.9 Å². The summed E-state index contributed by atoms with van der Waals surface area (Å²) in [6.45, 7) is 0.996. The first-order valence-electron chi connectivity index (χ1n) is 7.35. The predicted molar refractivity (Wildman–Crippen MR) is 90.6 cm³/mol. The minimum atomic E-state index is -0.599. The Kier molecular flexibility index (Phi) is 7.67. The standard InChI is InChI=1S/C16H20N2O5.ClH/c1-22-15(20)11-5-12(16(21)23-2)7-13(6-11)18-14(19)9-17-8-10-3-4-10;/h5-7,10,17H,3-4,8-9H2,1-2H3,(H,18,19);1H. The van der Waals surface area contributed by atoms with Crippen LogP contribution in [0.1, 0.15) is 33.6 Å². The van der Waals surface area contributed by atoms with Crippen molar-refractivity contribution in [1.82, 2.24) is 5.32 Å². The summed E-state index contributed by atoms with van der Waals surface area (Å²) in [4.78, 5) is 35.2. The Hall–Kier alpha value is -2.12. The van der Waals surface area contributed by atoms with E-state index in [0.29, 0.717) is 11.6 Å². The van der Waals surface area contributed by atoms with Gasteiger partial charge in [-0.05, 0) is 43.5 Å². The number of halogens is 1. The third-order valence-corrected chi connectivity index (χ3v) is 3.47. The van der Waals surface area contributed by atoms with E-state index in [1.165, 1.54) is 45.3 Å². The molecule has 2 rings (SSSR count). The van der Waals surface area contributed by atoms with Crippen LogP contribution in [-0.4, -0.2) is 45.2 Å². The fourth-order valence-corrected chi connectivity index (χ4v) is 2.09. The summed E-state index contributed by atoms with van der Waals surface area (Å²) in [6.07, 6.45) is 2.41. The van der Waals surface area contributed by atoms with Gasteiger partial charge in [0.25, 0.3) is 0 Å². The van der Waals surface area contributed by atoms with Crippen molar-refractivity contribution in [1.29, 1.82) is 0 Å². The van der Waals surface area contributed by atoms with E-state index in [1.54, 1.807) is 0 Å². The second-order valence-corrected chi connectivity index (χ2v) is 5.40. The molecule has 132 valence electrons. The molecule has 1 saturated carbocycles. The molecule has 1 aromatic rings. The number of amides is 1. The minimum absolute atomic E-state index is 0. The Morgan fingerprint density at radius 3 is 2.04 bits per heavy atom. The molecule has 0 aliphatic heterocycles. The quantitative estimate of drug-likeness (QED) is 0.721. The summed E-state index contributed by atoms with van der Waals surface area (Å²) in [7, 11) is 2.49. The van der Waals surface area contributed by atoms with Crippen LogP contribution in [0.25, 0.3) is 0 Å². The lowest BCUT2D eigenvalue weighted by Gasteiger charge is -2.10. The molecule has 8 heteroatoms. The molecule has 0 radical (unpaired) electrons.